The molecule has 8 aromatic rings. The van der Waals surface area contributed by atoms with Crippen LogP contribution in [0.4, 0.5) is 0 Å². The molecular weight excluding hydrogens is 641 g/mol. The van der Waals surface area contributed by atoms with E-state index in [1.165, 1.54) is 66.8 Å². The van der Waals surface area contributed by atoms with Gasteiger partial charge in [0.1, 0.15) is 0 Å². The topological polar surface area (TPSA) is 25.8 Å². The summed E-state index contributed by atoms with van der Waals surface area (Å²) in [6, 6.07) is 59.9. The highest BCUT2D eigenvalue weighted by Crippen LogP contribution is 2.64. The van der Waals surface area contributed by atoms with Gasteiger partial charge in [0, 0.05) is 11.6 Å². The van der Waals surface area contributed by atoms with Crippen molar-refractivity contribution >= 4 is 16.5 Å². The molecule has 6 aromatic carbocycles. The third-order valence-electron chi connectivity index (χ3n) is 11.6. The van der Waals surface area contributed by atoms with E-state index in [2.05, 4.69) is 157 Å². The summed E-state index contributed by atoms with van der Waals surface area (Å²) < 4.78 is 0. The summed E-state index contributed by atoms with van der Waals surface area (Å²) in [5.74, 6) is 0. The Bertz CT molecular complexity index is 2820. The first kappa shape index (κ1) is 30.0. The van der Waals surface area contributed by atoms with E-state index in [0.717, 1.165) is 46.3 Å². The number of hydrogen-bond donors (Lipinski definition) is 0. The van der Waals surface area contributed by atoms with Crippen LogP contribution in [0.2, 0.25) is 0 Å². The molecule has 2 heterocycles. The van der Waals surface area contributed by atoms with Crippen molar-refractivity contribution in [1.82, 2.24) is 9.97 Å². The van der Waals surface area contributed by atoms with Gasteiger partial charge in [-0.3, -0.25) is 4.98 Å². The summed E-state index contributed by atoms with van der Waals surface area (Å²) in [6.45, 7) is 0. The highest BCUT2D eigenvalue weighted by atomic mass is 14.8. The van der Waals surface area contributed by atoms with Crippen LogP contribution in [0.1, 0.15) is 35.1 Å². The van der Waals surface area contributed by atoms with Crippen molar-refractivity contribution in [3.63, 3.8) is 0 Å². The highest BCUT2D eigenvalue weighted by Gasteiger charge is 2.53. The predicted molar refractivity (Wildman–Crippen MR) is 218 cm³/mol. The number of hydrogen-bond acceptors (Lipinski definition) is 2. The number of allylic oxidation sites excluding steroid dienone is 4. The molecule has 0 radical (unpaired) electrons. The van der Waals surface area contributed by atoms with E-state index >= 15 is 0 Å². The fraction of sp³-hybridized carbons (Fsp3) is 0.0588. The third kappa shape index (κ3) is 4.39. The monoisotopic (exact) mass is 674 g/mol. The molecule has 0 bridgehead atoms. The molecule has 1 spiro atoms. The lowest BCUT2D eigenvalue weighted by Gasteiger charge is -2.32. The van der Waals surface area contributed by atoms with Crippen LogP contribution in [0.5, 0.6) is 0 Å². The zero-order chi connectivity index (χ0) is 34.9. The van der Waals surface area contributed by atoms with Gasteiger partial charge in [0.05, 0.1) is 22.3 Å². The molecule has 0 saturated carbocycles. The largest absolute Gasteiger partial charge is 0.255 e. The normalized spacial score (nSPS) is 16.5. The van der Waals surface area contributed by atoms with Crippen LogP contribution >= 0.6 is 0 Å². The molecule has 2 nitrogen and oxygen atoms in total. The summed E-state index contributed by atoms with van der Waals surface area (Å²) >= 11 is 0. The molecular formula is C51H34N2. The maximum atomic E-state index is 4.97. The molecule has 3 aliphatic carbocycles. The van der Waals surface area contributed by atoms with Gasteiger partial charge in [-0.15, -0.1) is 0 Å². The quantitative estimate of drug-likeness (QED) is 0.186. The van der Waals surface area contributed by atoms with Crippen molar-refractivity contribution in [3.8, 4) is 55.9 Å². The van der Waals surface area contributed by atoms with Crippen molar-refractivity contribution in [2.24, 2.45) is 0 Å². The standard InChI is InChI=1S/C51H34N2/c1-2-14-37(36(13-1)33-24-26-34(27-25-33)43-32-50(49-23-11-12-30-52-49)53-48-22-10-6-18-42(43)48)35-28-29-41-40-17-5-9-21-46(40)51(47(41)31-35)44-19-7-3-15-38(44)39-16-4-8-20-45(39)51/h1-3,5-7,9-32H,4,8H2. The molecule has 0 saturated heterocycles. The minimum Gasteiger partial charge on any atom is -0.255 e. The van der Waals surface area contributed by atoms with Crippen molar-refractivity contribution < 1.29 is 0 Å². The van der Waals surface area contributed by atoms with E-state index in [0.29, 0.717) is 0 Å². The van der Waals surface area contributed by atoms with Gasteiger partial charge in [0.2, 0.25) is 0 Å². The number of benzene rings is 6. The van der Waals surface area contributed by atoms with Gasteiger partial charge in [-0.05, 0) is 121 Å². The number of pyridine rings is 2. The van der Waals surface area contributed by atoms with Gasteiger partial charge >= 0.3 is 0 Å². The SMILES string of the molecule is C1=C2C(=CCC1)C1(c3ccccc32)c2ccccc2-c2ccc(-c3ccccc3-c3ccc(-c4cc(-c5ccccn5)nc5ccccc45)cc3)cc21. The molecule has 53 heavy (non-hydrogen) atoms. The van der Waals surface area contributed by atoms with Crippen LogP contribution in [-0.4, -0.2) is 9.97 Å². The van der Waals surface area contributed by atoms with Crippen LogP contribution < -0.4 is 0 Å². The fourth-order valence-electron chi connectivity index (χ4n) is 9.38. The van der Waals surface area contributed by atoms with Crippen LogP contribution in [0.25, 0.3) is 72.4 Å². The van der Waals surface area contributed by atoms with E-state index in [1.54, 1.807) is 0 Å². The number of rotatable bonds is 4. The molecule has 3 aliphatic rings. The lowest BCUT2D eigenvalue weighted by Crippen LogP contribution is -2.26. The van der Waals surface area contributed by atoms with Crippen LogP contribution in [-0.2, 0) is 5.41 Å². The first-order valence-corrected chi connectivity index (χ1v) is 18.6. The molecule has 0 amide bonds. The maximum absolute atomic E-state index is 4.97. The second-order valence-corrected chi connectivity index (χ2v) is 14.3. The molecule has 0 aliphatic heterocycles. The zero-order valence-corrected chi connectivity index (χ0v) is 29.1. The van der Waals surface area contributed by atoms with Gasteiger partial charge in [-0.25, -0.2) is 4.98 Å². The Morgan fingerprint density at radius 3 is 1.81 bits per heavy atom. The lowest BCUT2D eigenvalue weighted by atomic mass is 9.69. The Hall–Kier alpha value is -6.64. The zero-order valence-electron chi connectivity index (χ0n) is 29.1. The third-order valence-corrected chi connectivity index (χ3v) is 11.6. The number of nitrogens with zero attached hydrogens (tertiary/aromatic N) is 2. The summed E-state index contributed by atoms with van der Waals surface area (Å²) in [7, 11) is 0. The molecule has 0 fully saturated rings. The van der Waals surface area contributed by atoms with Crippen molar-refractivity contribution in [2.45, 2.75) is 18.3 Å². The number of fused-ring (bicyclic) bond motifs is 11. The van der Waals surface area contributed by atoms with E-state index in [4.69, 9.17) is 4.98 Å². The molecule has 2 aromatic heterocycles. The van der Waals surface area contributed by atoms with Crippen LogP contribution in [0.15, 0.2) is 188 Å². The summed E-state index contributed by atoms with van der Waals surface area (Å²) in [5.41, 5.74) is 20.7. The minimum atomic E-state index is -0.317. The van der Waals surface area contributed by atoms with Gasteiger partial charge in [-0.2, -0.15) is 0 Å². The number of para-hydroxylation sites is 1. The summed E-state index contributed by atoms with van der Waals surface area (Å²) in [4.78, 5) is 9.57. The molecule has 2 heteroatoms. The van der Waals surface area contributed by atoms with Crippen molar-refractivity contribution in [1.29, 1.82) is 0 Å². The Morgan fingerprint density at radius 2 is 1.02 bits per heavy atom. The fourth-order valence-corrected chi connectivity index (χ4v) is 9.38. The van der Waals surface area contributed by atoms with Gasteiger partial charge < -0.3 is 0 Å². The van der Waals surface area contributed by atoms with E-state index < -0.39 is 0 Å². The Labute approximate surface area is 309 Å². The Morgan fingerprint density at radius 1 is 0.415 bits per heavy atom. The smallest absolute Gasteiger partial charge is 0.0900 e. The predicted octanol–water partition coefficient (Wildman–Crippen LogP) is 12.7. The number of aromatic nitrogens is 2. The second kappa shape index (κ2) is 11.7. The van der Waals surface area contributed by atoms with Crippen molar-refractivity contribution in [3.05, 3.63) is 210 Å². The van der Waals surface area contributed by atoms with Crippen molar-refractivity contribution in [2.75, 3.05) is 0 Å². The molecule has 1 unspecified atom stereocenters. The maximum Gasteiger partial charge on any atom is 0.0900 e. The van der Waals surface area contributed by atoms with E-state index in [-0.39, 0.29) is 5.41 Å². The average molecular weight is 675 g/mol. The highest BCUT2D eigenvalue weighted by molar-refractivity contribution is 6.01. The first-order chi connectivity index (χ1) is 26.3. The lowest BCUT2D eigenvalue weighted by molar-refractivity contribution is 0.782. The molecule has 248 valence electrons. The van der Waals surface area contributed by atoms with Gasteiger partial charge in [0.25, 0.3) is 0 Å². The minimum absolute atomic E-state index is 0.317. The van der Waals surface area contributed by atoms with Crippen LogP contribution in [0.3, 0.4) is 0 Å². The summed E-state index contributed by atoms with van der Waals surface area (Å²) in [5, 5.41) is 1.13. The molecule has 1 atom stereocenters. The van der Waals surface area contributed by atoms with Gasteiger partial charge in [-0.1, -0.05) is 146 Å². The van der Waals surface area contributed by atoms with E-state index in [1.807, 2.05) is 30.5 Å². The molecule has 11 rings (SSSR count). The summed E-state index contributed by atoms with van der Waals surface area (Å²) in [6.07, 6.45) is 8.98. The van der Waals surface area contributed by atoms with Gasteiger partial charge in [0.15, 0.2) is 0 Å². The van der Waals surface area contributed by atoms with E-state index in [9.17, 15) is 0 Å². The van der Waals surface area contributed by atoms with Crippen LogP contribution in [0, 0.1) is 0 Å². The molecule has 0 N–H and O–H groups in total. The Balaban J connectivity index is 1.05. The first-order valence-electron chi connectivity index (χ1n) is 18.6. The average Bonchev–Trinajstić information content (AvgIpc) is 3.71. The Kier molecular flexibility index (Phi) is 6.63. The second-order valence-electron chi connectivity index (χ2n) is 14.3.